The highest BCUT2D eigenvalue weighted by molar-refractivity contribution is 7.15. The van der Waals surface area contributed by atoms with Crippen molar-refractivity contribution in [2.24, 2.45) is 4.99 Å². The standard InChI is InChI=1S/C19H19ClN4S.CH2O2/c1-5-15-18-23-22-12(4)24(18)19-16(10(2)11(3)25-19)17(21-15)13-6-8-14(20)9-7-13;2-1-3/h6-9,15H,5H2,1-4H3;1H,(H,2,3)/t15-;/m0./s1. The first-order chi connectivity index (χ1) is 13.4. The van der Waals surface area contributed by atoms with Crippen LogP contribution in [0.5, 0.6) is 0 Å². The zero-order valence-corrected chi connectivity index (χ0v) is 17.7. The molecule has 0 bridgehead atoms. The van der Waals surface area contributed by atoms with Crippen LogP contribution in [0.1, 0.15) is 52.6 Å². The number of thiophene rings is 1. The van der Waals surface area contributed by atoms with Gasteiger partial charge in [0, 0.05) is 21.0 Å². The normalized spacial score (nSPS) is 14.9. The van der Waals surface area contributed by atoms with Crippen molar-refractivity contribution in [3.05, 3.63) is 62.5 Å². The van der Waals surface area contributed by atoms with E-state index in [0.717, 1.165) is 39.4 Å². The first-order valence-corrected chi connectivity index (χ1v) is 10.1. The summed E-state index contributed by atoms with van der Waals surface area (Å²) in [4.78, 5) is 14.8. The molecule has 0 aliphatic carbocycles. The molecule has 0 fully saturated rings. The number of halogens is 1. The smallest absolute Gasteiger partial charge is 0.290 e. The molecule has 0 spiro atoms. The number of fused-ring (bicyclic) bond motifs is 3. The van der Waals surface area contributed by atoms with E-state index in [9.17, 15) is 0 Å². The van der Waals surface area contributed by atoms with Crippen LogP contribution in [-0.4, -0.2) is 32.1 Å². The number of carbonyl (C=O) groups is 1. The zero-order chi connectivity index (χ0) is 20.4. The third-order valence-corrected chi connectivity index (χ3v) is 6.19. The number of aromatic nitrogens is 3. The van der Waals surface area contributed by atoms with Crippen molar-refractivity contribution in [2.45, 2.75) is 40.2 Å². The summed E-state index contributed by atoms with van der Waals surface area (Å²) in [5, 5.41) is 17.5. The van der Waals surface area contributed by atoms with E-state index >= 15 is 0 Å². The van der Waals surface area contributed by atoms with Crippen molar-refractivity contribution in [3.8, 4) is 5.00 Å². The molecule has 1 N–H and O–H groups in total. The number of hydrogen-bond donors (Lipinski definition) is 1. The Bertz CT molecular complexity index is 1040. The third-order valence-electron chi connectivity index (χ3n) is 4.74. The van der Waals surface area contributed by atoms with Crippen molar-refractivity contribution in [2.75, 3.05) is 0 Å². The molecule has 1 aromatic carbocycles. The molecule has 1 aliphatic heterocycles. The molecule has 3 aromatic rings. The molecule has 146 valence electrons. The Morgan fingerprint density at radius 2 is 1.86 bits per heavy atom. The van der Waals surface area contributed by atoms with Crippen LogP contribution in [0.2, 0.25) is 5.02 Å². The average molecular weight is 417 g/mol. The first-order valence-electron chi connectivity index (χ1n) is 8.87. The molecular weight excluding hydrogens is 396 g/mol. The van der Waals surface area contributed by atoms with E-state index in [1.807, 2.05) is 31.2 Å². The van der Waals surface area contributed by atoms with Crippen molar-refractivity contribution in [3.63, 3.8) is 0 Å². The Morgan fingerprint density at radius 3 is 2.46 bits per heavy atom. The lowest BCUT2D eigenvalue weighted by atomic mass is 10.00. The van der Waals surface area contributed by atoms with Gasteiger partial charge >= 0.3 is 0 Å². The Kier molecular flexibility index (Phi) is 5.96. The first kappa shape index (κ1) is 20.2. The molecule has 0 saturated carbocycles. The second-order valence-electron chi connectivity index (χ2n) is 6.42. The predicted molar refractivity (Wildman–Crippen MR) is 112 cm³/mol. The fourth-order valence-electron chi connectivity index (χ4n) is 3.27. The molecule has 4 rings (SSSR count). The van der Waals surface area contributed by atoms with E-state index < -0.39 is 0 Å². The van der Waals surface area contributed by atoms with Gasteiger partial charge in [0.2, 0.25) is 0 Å². The molecule has 6 nitrogen and oxygen atoms in total. The van der Waals surface area contributed by atoms with E-state index in [-0.39, 0.29) is 12.5 Å². The third kappa shape index (κ3) is 3.47. The number of benzene rings is 1. The van der Waals surface area contributed by atoms with Crippen molar-refractivity contribution in [1.29, 1.82) is 0 Å². The molecule has 1 aliphatic rings. The second-order valence-corrected chi connectivity index (χ2v) is 8.06. The minimum Gasteiger partial charge on any atom is -0.483 e. The maximum atomic E-state index is 8.36. The number of rotatable bonds is 2. The van der Waals surface area contributed by atoms with Gasteiger partial charge in [-0.2, -0.15) is 0 Å². The number of carboxylic acid groups (broad SMARTS) is 1. The number of hydrogen-bond acceptors (Lipinski definition) is 5. The van der Waals surface area contributed by atoms with E-state index in [2.05, 4.69) is 35.5 Å². The summed E-state index contributed by atoms with van der Waals surface area (Å²) in [6.07, 6.45) is 0.877. The van der Waals surface area contributed by atoms with E-state index in [1.165, 1.54) is 16.0 Å². The van der Waals surface area contributed by atoms with E-state index in [4.69, 9.17) is 26.5 Å². The molecule has 0 amide bonds. The number of aliphatic imine (C=N–C) groups is 1. The fourth-order valence-corrected chi connectivity index (χ4v) is 4.61. The maximum Gasteiger partial charge on any atom is 0.290 e. The zero-order valence-electron chi connectivity index (χ0n) is 16.1. The molecule has 28 heavy (non-hydrogen) atoms. The molecule has 3 heterocycles. The number of nitrogens with zero attached hydrogens (tertiary/aromatic N) is 4. The molecule has 8 heteroatoms. The van der Waals surface area contributed by atoms with Crippen molar-refractivity contribution >= 4 is 35.1 Å². The van der Waals surface area contributed by atoms with Gasteiger partial charge in [-0.3, -0.25) is 14.4 Å². The van der Waals surface area contributed by atoms with Gasteiger partial charge in [-0.25, -0.2) is 0 Å². The minimum atomic E-state index is -0.250. The lowest BCUT2D eigenvalue weighted by Gasteiger charge is -2.10. The molecule has 2 aromatic heterocycles. The monoisotopic (exact) mass is 416 g/mol. The highest BCUT2D eigenvalue weighted by Gasteiger charge is 2.30. The molecular formula is C20H21ClN4O2S. The van der Waals surface area contributed by atoms with Gasteiger partial charge in [-0.05, 0) is 44.9 Å². The van der Waals surface area contributed by atoms with Crippen LogP contribution in [0.3, 0.4) is 0 Å². The van der Waals surface area contributed by atoms with Crippen molar-refractivity contribution in [1.82, 2.24) is 14.8 Å². The van der Waals surface area contributed by atoms with Gasteiger partial charge < -0.3 is 5.11 Å². The lowest BCUT2D eigenvalue weighted by molar-refractivity contribution is -0.122. The highest BCUT2D eigenvalue weighted by Crippen LogP contribution is 2.39. The van der Waals surface area contributed by atoms with Crippen LogP contribution < -0.4 is 0 Å². The van der Waals surface area contributed by atoms with Gasteiger partial charge in [0.25, 0.3) is 6.47 Å². The largest absolute Gasteiger partial charge is 0.483 e. The van der Waals surface area contributed by atoms with Gasteiger partial charge in [0.15, 0.2) is 5.82 Å². The van der Waals surface area contributed by atoms with Crippen molar-refractivity contribution < 1.29 is 9.90 Å². The molecule has 0 saturated heterocycles. The summed E-state index contributed by atoms with van der Waals surface area (Å²) in [5.74, 6) is 1.83. The molecule has 0 radical (unpaired) electrons. The van der Waals surface area contributed by atoms with Gasteiger partial charge in [-0.15, -0.1) is 21.5 Å². The quantitative estimate of drug-likeness (QED) is 0.602. The summed E-state index contributed by atoms with van der Waals surface area (Å²) in [6.45, 7) is 8.22. The minimum absolute atomic E-state index is 0.00816. The second kappa shape index (κ2) is 8.24. The number of aryl methyl sites for hydroxylation is 2. The van der Waals surface area contributed by atoms with Crippen LogP contribution in [0.15, 0.2) is 29.3 Å². The fraction of sp³-hybridized carbons (Fsp3) is 0.300. The Morgan fingerprint density at radius 1 is 1.21 bits per heavy atom. The van der Waals surface area contributed by atoms with Gasteiger partial charge in [-0.1, -0.05) is 30.7 Å². The summed E-state index contributed by atoms with van der Waals surface area (Å²) >= 11 is 7.87. The highest BCUT2D eigenvalue weighted by atomic mass is 35.5. The molecule has 0 unspecified atom stereocenters. The summed E-state index contributed by atoms with van der Waals surface area (Å²) < 4.78 is 2.18. The Labute approximate surface area is 172 Å². The average Bonchev–Trinajstić information content (AvgIpc) is 3.13. The topological polar surface area (TPSA) is 80.4 Å². The lowest BCUT2D eigenvalue weighted by Crippen LogP contribution is -2.07. The summed E-state index contributed by atoms with van der Waals surface area (Å²) in [6, 6.07) is 7.92. The SMILES string of the molecule is CC[C@@H]1N=C(c2ccc(Cl)cc2)c2c(sc(C)c2C)-n2c(C)nnc21.O=CO. The summed E-state index contributed by atoms with van der Waals surface area (Å²) in [5.41, 5.74) is 4.56. The van der Waals surface area contributed by atoms with Crippen LogP contribution in [-0.2, 0) is 4.79 Å². The Hall–Kier alpha value is -2.51. The van der Waals surface area contributed by atoms with Crippen LogP contribution >= 0.6 is 22.9 Å². The predicted octanol–water partition coefficient (Wildman–Crippen LogP) is 4.91. The molecule has 1 atom stereocenters. The van der Waals surface area contributed by atoms with Crippen LogP contribution in [0.25, 0.3) is 5.00 Å². The Balaban J connectivity index is 0.000000706. The van der Waals surface area contributed by atoms with Crippen LogP contribution in [0.4, 0.5) is 0 Å². The maximum absolute atomic E-state index is 8.36. The van der Waals surface area contributed by atoms with Gasteiger partial charge in [0.05, 0.1) is 5.71 Å². The van der Waals surface area contributed by atoms with Gasteiger partial charge in [0.1, 0.15) is 16.9 Å². The van der Waals surface area contributed by atoms with Crippen LogP contribution in [0, 0.1) is 20.8 Å². The summed E-state index contributed by atoms with van der Waals surface area (Å²) in [7, 11) is 0. The van der Waals surface area contributed by atoms with E-state index in [1.54, 1.807) is 11.3 Å². The van der Waals surface area contributed by atoms with E-state index in [0.29, 0.717) is 0 Å².